The van der Waals surface area contributed by atoms with E-state index in [0.717, 1.165) is 24.3 Å². The average molecular weight is 252 g/mol. The van der Waals surface area contributed by atoms with E-state index >= 15 is 0 Å². The van der Waals surface area contributed by atoms with Crippen molar-refractivity contribution in [3.63, 3.8) is 0 Å². The largest absolute Gasteiger partial charge is 0.330 e. The van der Waals surface area contributed by atoms with Crippen LogP contribution in [-0.4, -0.2) is 24.0 Å². The summed E-state index contributed by atoms with van der Waals surface area (Å²) in [6.45, 7) is 2.80. The molecule has 4 heteroatoms. The Kier molecular flexibility index (Phi) is 6.74. The number of aryl methyl sites for hydroxylation is 1. The van der Waals surface area contributed by atoms with Crippen molar-refractivity contribution < 1.29 is 4.79 Å². The second-order valence-electron chi connectivity index (χ2n) is 3.79. The number of anilines is 1. The molecule has 0 spiro atoms. The van der Waals surface area contributed by atoms with Gasteiger partial charge < -0.3 is 11.1 Å². The fraction of sp³-hybridized carbons (Fsp3) is 0.462. The molecule has 0 aromatic heterocycles. The van der Waals surface area contributed by atoms with Crippen LogP contribution in [0.2, 0.25) is 0 Å². The Balaban J connectivity index is 2.29. The van der Waals surface area contributed by atoms with Gasteiger partial charge in [-0.3, -0.25) is 4.79 Å². The lowest BCUT2D eigenvalue weighted by Crippen LogP contribution is -2.14. The molecule has 3 nitrogen and oxygen atoms in total. The molecule has 1 aromatic carbocycles. The first-order chi connectivity index (χ1) is 8.26. The molecule has 0 heterocycles. The van der Waals surface area contributed by atoms with Crippen LogP contribution in [-0.2, 0) is 11.2 Å². The second kappa shape index (κ2) is 8.14. The molecule has 1 aromatic rings. The summed E-state index contributed by atoms with van der Waals surface area (Å²) in [6.07, 6.45) is 1.98. The van der Waals surface area contributed by atoms with E-state index in [4.69, 9.17) is 5.73 Å². The maximum absolute atomic E-state index is 11.6. The van der Waals surface area contributed by atoms with Crippen LogP contribution >= 0.6 is 11.8 Å². The fourth-order valence-electron chi connectivity index (χ4n) is 1.37. The molecule has 0 unspecified atom stereocenters. The number of nitrogens with two attached hydrogens (primary N) is 1. The van der Waals surface area contributed by atoms with Crippen molar-refractivity contribution in [2.45, 2.75) is 19.8 Å². The van der Waals surface area contributed by atoms with E-state index < -0.39 is 0 Å². The first-order valence-electron chi connectivity index (χ1n) is 5.93. The number of benzene rings is 1. The van der Waals surface area contributed by atoms with Gasteiger partial charge in [0.05, 0.1) is 5.75 Å². The minimum atomic E-state index is 0.0521. The third-order valence-electron chi connectivity index (χ3n) is 2.37. The smallest absolute Gasteiger partial charge is 0.234 e. The summed E-state index contributed by atoms with van der Waals surface area (Å²) < 4.78 is 0. The third kappa shape index (κ3) is 5.75. The second-order valence-corrected chi connectivity index (χ2v) is 4.90. The Hall–Kier alpha value is -1.00. The van der Waals surface area contributed by atoms with Crippen molar-refractivity contribution in [3.05, 3.63) is 29.8 Å². The minimum Gasteiger partial charge on any atom is -0.330 e. The SMILES string of the molecule is CCc1ccc(NC(=O)CSCCCN)cc1. The monoisotopic (exact) mass is 252 g/mol. The van der Waals surface area contributed by atoms with Gasteiger partial charge in [-0.05, 0) is 42.8 Å². The molecular weight excluding hydrogens is 232 g/mol. The Morgan fingerprint density at radius 3 is 2.65 bits per heavy atom. The lowest BCUT2D eigenvalue weighted by molar-refractivity contribution is -0.113. The maximum Gasteiger partial charge on any atom is 0.234 e. The van der Waals surface area contributed by atoms with Crippen LogP contribution in [0.25, 0.3) is 0 Å². The van der Waals surface area contributed by atoms with Gasteiger partial charge in [0, 0.05) is 5.69 Å². The van der Waals surface area contributed by atoms with Gasteiger partial charge in [0.1, 0.15) is 0 Å². The number of thioether (sulfide) groups is 1. The van der Waals surface area contributed by atoms with Crippen molar-refractivity contribution in [3.8, 4) is 0 Å². The molecule has 0 bridgehead atoms. The zero-order valence-corrected chi connectivity index (χ0v) is 11.1. The molecule has 0 saturated heterocycles. The molecule has 3 N–H and O–H groups in total. The molecule has 1 rings (SSSR count). The highest BCUT2D eigenvalue weighted by molar-refractivity contribution is 7.99. The molecule has 1 amide bonds. The summed E-state index contributed by atoms with van der Waals surface area (Å²) >= 11 is 1.62. The van der Waals surface area contributed by atoms with Crippen LogP contribution in [0.5, 0.6) is 0 Å². The van der Waals surface area contributed by atoms with Crippen LogP contribution in [0.1, 0.15) is 18.9 Å². The molecule has 0 atom stereocenters. The lowest BCUT2D eigenvalue weighted by atomic mass is 10.1. The number of rotatable bonds is 7. The Labute approximate surface area is 107 Å². The molecule has 0 saturated carbocycles. The number of carbonyl (C=O) groups is 1. The van der Waals surface area contributed by atoms with Gasteiger partial charge in [0.25, 0.3) is 0 Å². The van der Waals surface area contributed by atoms with E-state index in [1.807, 2.05) is 24.3 Å². The average Bonchev–Trinajstić information content (AvgIpc) is 2.36. The zero-order valence-electron chi connectivity index (χ0n) is 10.2. The van der Waals surface area contributed by atoms with Crippen LogP contribution in [0.15, 0.2) is 24.3 Å². The maximum atomic E-state index is 11.6. The number of carbonyl (C=O) groups excluding carboxylic acids is 1. The van der Waals surface area contributed by atoms with Crippen molar-refractivity contribution in [2.75, 3.05) is 23.4 Å². The van der Waals surface area contributed by atoms with Gasteiger partial charge in [-0.25, -0.2) is 0 Å². The van der Waals surface area contributed by atoms with Crippen molar-refractivity contribution in [1.29, 1.82) is 0 Å². The fourth-order valence-corrected chi connectivity index (χ4v) is 2.14. The van der Waals surface area contributed by atoms with Gasteiger partial charge >= 0.3 is 0 Å². The highest BCUT2D eigenvalue weighted by atomic mass is 32.2. The molecule has 0 aliphatic rings. The van der Waals surface area contributed by atoms with Gasteiger partial charge in [-0.1, -0.05) is 19.1 Å². The van der Waals surface area contributed by atoms with Gasteiger partial charge in [0.2, 0.25) is 5.91 Å². The van der Waals surface area contributed by atoms with E-state index in [2.05, 4.69) is 12.2 Å². The molecule has 17 heavy (non-hydrogen) atoms. The van der Waals surface area contributed by atoms with E-state index in [9.17, 15) is 4.79 Å². The van der Waals surface area contributed by atoms with Crippen molar-refractivity contribution in [2.24, 2.45) is 5.73 Å². The zero-order chi connectivity index (χ0) is 12.5. The summed E-state index contributed by atoms with van der Waals surface area (Å²) in [5.41, 5.74) is 7.53. The summed E-state index contributed by atoms with van der Waals surface area (Å²) in [7, 11) is 0. The third-order valence-corrected chi connectivity index (χ3v) is 3.42. The summed E-state index contributed by atoms with van der Waals surface area (Å²) in [5, 5.41) is 2.88. The van der Waals surface area contributed by atoms with Gasteiger partial charge in [0.15, 0.2) is 0 Å². The Bertz CT molecular complexity index is 338. The summed E-state index contributed by atoms with van der Waals surface area (Å²) in [5.74, 6) is 1.49. The molecular formula is C13H20N2OS. The Morgan fingerprint density at radius 2 is 2.06 bits per heavy atom. The molecule has 0 aliphatic heterocycles. The van der Waals surface area contributed by atoms with Crippen molar-refractivity contribution >= 4 is 23.4 Å². The van der Waals surface area contributed by atoms with E-state index in [1.54, 1.807) is 11.8 Å². The molecule has 0 aliphatic carbocycles. The molecule has 94 valence electrons. The summed E-state index contributed by atoms with van der Waals surface area (Å²) in [6, 6.07) is 7.97. The number of nitrogens with one attached hydrogen (secondary N) is 1. The molecule has 0 radical (unpaired) electrons. The number of hydrogen-bond donors (Lipinski definition) is 2. The first-order valence-corrected chi connectivity index (χ1v) is 7.08. The molecule has 0 fully saturated rings. The normalized spacial score (nSPS) is 10.2. The van der Waals surface area contributed by atoms with Crippen LogP contribution in [0, 0.1) is 0 Å². The van der Waals surface area contributed by atoms with Gasteiger partial charge in [-0.15, -0.1) is 0 Å². The highest BCUT2D eigenvalue weighted by Crippen LogP contribution is 2.11. The topological polar surface area (TPSA) is 55.1 Å². The minimum absolute atomic E-state index is 0.0521. The van der Waals surface area contributed by atoms with E-state index in [1.165, 1.54) is 5.56 Å². The van der Waals surface area contributed by atoms with Gasteiger partial charge in [-0.2, -0.15) is 11.8 Å². The van der Waals surface area contributed by atoms with Crippen LogP contribution < -0.4 is 11.1 Å². The van der Waals surface area contributed by atoms with Crippen LogP contribution in [0.4, 0.5) is 5.69 Å². The predicted octanol–water partition coefficient (Wildman–Crippen LogP) is 2.27. The standard InChI is InChI=1S/C13H20N2OS/c1-2-11-4-6-12(7-5-11)15-13(16)10-17-9-3-8-14/h4-7H,2-3,8-10,14H2,1H3,(H,15,16). The van der Waals surface area contributed by atoms with Crippen LogP contribution in [0.3, 0.4) is 0 Å². The van der Waals surface area contributed by atoms with E-state index in [0.29, 0.717) is 12.3 Å². The Morgan fingerprint density at radius 1 is 1.35 bits per heavy atom. The summed E-state index contributed by atoms with van der Waals surface area (Å²) in [4.78, 5) is 11.6. The number of hydrogen-bond acceptors (Lipinski definition) is 3. The van der Waals surface area contributed by atoms with Crippen molar-refractivity contribution in [1.82, 2.24) is 0 Å². The quantitative estimate of drug-likeness (QED) is 0.732. The predicted molar refractivity (Wildman–Crippen MR) is 75.4 cm³/mol. The highest BCUT2D eigenvalue weighted by Gasteiger charge is 2.02. The van der Waals surface area contributed by atoms with E-state index in [-0.39, 0.29) is 5.91 Å². The lowest BCUT2D eigenvalue weighted by Gasteiger charge is -2.05. The first kappa shape index (κ1) is 14.1. The number of amides is 1.